The van der Waals surface area contributed by atoms with E-state index >= 15 is 0 Å². The third kappa shape index (κ3) is 4.28. The number of methoxy groups -OCH3 is 1. The molecule has 1 aromatic carbocycles. The summed E-state index contributed by atoms with van der Waals surface area (Å²) < 4.78 is 5.19. The van der Waals surface area contributed by atoms with E-state index in [1.54, 1.807) is 7.11 Å². The number of para-hydroxylation sites is 1. The maximum absolute atomic E-state index is 11.7. The Labute approximate surface area is 112 Å². The van der Waals surface area contributed by atoms with Gasteiger partial charge in [-0.2, -0.15) is 0 Å². The molecule has 0 aliphatic carbocycles. The molecule has 5 nitrogen and oxygen atoms in total. The smallest absolute Gasteiger partial charge is 0.328 e. The van der Waals surface area contributed by atoms with E-state index in [-0.39, 0.29) is 12.3 Å². The van der Waals surface area contributed by atoms with Gasteiger partial charge in [0.05, 0.1) is 7.11 Å². The monoisotopic (exact) mass is 265 g/mol. The Morgan fingerprint density at radius 1 is 1.32 bits per heavy atom. The van der Waals surface area contributed by atoms with Crippen molar-refractivity contribution in [3.63, 3.8) is 0 Å². The molecule has 0 radical (unpaired) electrons. The zero-order chi connectivity index (χ0) is 14.5. The highest BCUT2D eigenvalue weighted by atomic mass is 16.5. The summed E-state index contributed by atoms with van der Waals surface area (Å²) in [6.07, 6.45) is 0.725. The second-order valence-corrected chi connectivity index (χ2v) is 4.79. The van der Waals surface area contributed by atoms with Crippen molar-refractivity contribution >= 4 is 11.9 Å². The molecule has 0 heterocycles. The van der Waals surface area contributed by atoms with Crippen LogP contribution >= 0.6 is 0 Å². The van der Waals surface area contributed by atoms with Crippen LogP contribution in [0.4, 0.5) is 0 Å². The van der Waals surface area contributed by atoms with Crippen LogP contribution in [0.3, 0.4) is 0 Å². The molecule has 0 atom stereocenters. The highest BCUT2D eigenvalue weighted by Gasteiger charge is 2.28. The molecule has 2 N–H and O–H groups in total. The lowest BCUT2D eigenvalue weighted by Gasteiger charge is -2.21. The van der Waals surface area contributed by atoms with Crippen LogP contribution in [0.15, 0.2) is 24.3 Å². The van der Waals surface area contributed by atoms with Gasteiger partial charge in [-0.25, -0.2) is 4.79 Å². The topological polar surface area (TPSA) is 75.6 Å². The van der Waals surface area contributed by atoms with Gasteiger partial charge in [-0.05, 0) is 31.9 Å². The maximum atomic E-state index is 11.7. The fourth-order valence-corrected chi connectivity index (χ4v) is 1.62. The van der Waals surface area contributed by atoms with Crippen LogP contribution in [0.25, 0.3) is 0 Å². The molecule has 1 amide bonds. The van der Waals surface area contributed by atoms with Crippen LogP contribution in [0.5, 0.6) is 5.75 Å². The Hall–Kier alpha value is -2.04. The maximum Gasteiger partial charge on any atom is 0.328 e. The summed E-state index contributed by atoms with van der Waals surface area (Å²) in [4.78, 5) is 22.6. The van der Waals surface area contributed by atoms with Crippen molar-refractivity contribution in [2.75, 3.05) is 7.11 Å². The molecule has 5 heteroatoms. The lowest BCUT2D eigenvalue weighted by molar-refractivity contribution is -0.146. The van der Waals surface area contributed by atoms with Gasteiger partial charge in [0.15, 0.2) is 0 Å². The molecule has 0 spiro atoms. The summed E-state index contributed by atoms with van der Waals surface area (Å²) >= 11 is 0. The second kappa shape index (κ2) is 6.22. The van der Waals surface area contributed by atoms with Crippen LogP contribution in [-0.2, 0) is 16.0 Å². The number of hydrogen-bond acceptors (Lipinski definition) is 3. The molecular weight excluding hydrogens is 246 g/mol. The lowest BCUT2D eigenvalue weighted by Crippen LogP contribution is -2.49. The predicted octanol–water partition coefficient (Wildman–Crippen LogP) is 1.61. The van der Waals surface area contributed by atoms with Crippen LogP contribution in [-0.4, -0.2) is 29.6 Å². The number of carboxylic acids is 1. The van der Waals surface area contributed by atoms with Crippen molar-refractivity contribution in [2.45, 2.75) is 32.2 Å². The minimum atomic E-state index is -1.25. The van der Waals surface area contributed by atoms with Crippen molar-refractivity contribution in [3.8, 4) is 5.75 Å². The predicted molar refractivity (Wildman–Crippen MR) is 71.2 cm³/mol. The quantitative estimate of drug-likeness (QED) is 0.819. The van der Waals surface area contributed by atoms with Gasteiger partial charge in [-0.15, -0.1) is 0 Å². The molecule has 104 valence electrons. The Morgan fingerprint density at radius 2 is 1.95 bits per heavy atom. The van der Waals surface area contributed by atoms with Crippen LogP contribution in [0, 0.1) is 0 Å². The number of ether oxygens (including phenoxy) is 1. The standard InChI is InChI=1S/C14H19NO4/c1-14(2,13(17)18)15-12(16)9-8-10-6-4-5-7-11(10)19-3/h4-7H,8-9H2,1-3H3,(H,15,16)(H,17,18). The SMILES string of the molecule is COc1ccccc1CCC(=O)NC(C)(C)C(=O)O. The third-order valence-electron chi connectivity index (χ3n) is 2.80. The van der Waals surface area contributed by atoms with Crippen LogP contribution in [0.2, 0.25) is 0 Å². The highest BCUT2D eigenvalue weighted by molar-refractivity contribution is 5.86. The summed E-state index contributed by atoms with van der Waals surface area (Å²) in [6, 6.07) is 7.44. The van der Waals surface area contributed by atoms with E-state index in [1.807, 2.05) is 24.3 Å². The highest BCUT2D eigenvalue weighted by Crippen LogP contribution is 2.18. The average molecular weight is 265 g/mol. The van der Waals surface area contributed by atoms with Crippen molar-refractivity contribution in [3.05, 3.63) is 29.8 Å². The third-order valence-corrected chi connectivity index (χ3v) is 2.80. The second-order valence-electron chi connectivity index (χ2n) is 4.79. The van der Waals surface area contributed by atoms with Crippen LogP contribution in [0.1, 0.15) is 25.8 Å². The van der Waals surface area contributed by atoms with E-state index in [9.17, 15) is 9.59 Å². The number of amides is 1. The largest absolute Gasteiger partial charge is 0.496 e. The van der Waals surface area contributed by atoms with Gasteiger partial charge in [-0.1, -0.05) is 18.2 Å². The number of benzene rings is 1. The number of hydrogen-bond donors (Lipinski definition) is 2. The number of rotatable bonds is 6. The molecule has 0 fully saturated rings. The minimum Gasteiger partial charge on any atom is -0.496 e. The molecule has 1 aromatic rings. The first kappa shape index (κ1) is 15.0. The fourth-order valence-electron chi connectivity index (χ4n) is 1.62. The molecule has 0 aliphatic heterocycles. The molecule has 0 aliphatic rings. The Morgan fingerprint density at radius 3 is 2.53 bits per heavy atom. The van der Waals surface area contributed by atoms with E-state index in [0.29, 0.717) is 6.42 Å². The summed E-state index contributed by atoms with van der Waals surface area (Å²) in [6.45, 7) is 2.91. The summed E-state index contributed by atoms with van der Waals surface area (Å²) in [5.41, 5.74) is -0.328. The molecule has 19 heavy (non-hydrogen) atoms. The van der Waals surface area contributed by atoms with E-state index in [0.717, 1.165) is 11.3 Å². The molecular formula is C14H19NO4. The average Bonchev–Trinajstić information content (AvgIpc) is 2.36. The molecule has 0 aromatic heterocycles. The van der Waals surface area contributed by atoms with Gasteiger partial charge in [0.1, 0.15) is 11.3 Å². The van der Waals surface area contributed by atoms with Gasteiger partial charge < -0.3 is 15.2 Å². The molecule has 0 unspecified atom stereocenters. The first-order chi connectivity index (χ1) is 8.86. The van der Waals surface area contributed by atoms with Crippen molar-refractivity contribution in [1.82, 2.24) is 5.32 Å². The zero-order valence-corrected chi connectivity index (χ0v) is 11.4. The number of aliphatic carboxylic acids is 1. The number of nitrogens with one attached hydrogen (secondary N) is 1. The Balaban J connectivity index is 2.58. The van der Waals surface area contributed by atoms with Gasteiger partial charge in [-0.3, -0.25) is 4.79 Å². The van der Waals surface area contributed by atoms with Gasteiger partial charge in [0, 0.05) is 6.42 Å². The van der Waals surface area contributed by atoms with Gasteiger partial charge in [0.2, 0.25) is 5.91 Å². The van der Waals surface area contributed by atoms with Crippen LogP contribution < -0.4 is 10.1 Å². The van der Waals surface area contributed by atoms with Crippen molar-refractivity contribution in [1.29, 1.82) is 0 Å². The lowest BCUT2D eigenvalue weighted by atomic mass is 10.0. The molecule has 0 bridgehead atoms. The minimum absolute atomic E-state index is 0.219. The summed E-state index contributed by atoms with van der Waals surface area (Å²) in [5, 5.41) is 11.4. The first-order valence-electron chi connectivity index (χ1n) is 6.03. The van der Waals surface area contributed by atoms with Crippen molar-refractivity contribution in [2.24, 2.45) is 0 Å². The molecule has 1 rings (SSSR count). The fraction of sp³-hybridized carbons (Fsp3) is 0.429. The van der Waals surface area contributed by atoms with E-state index in [4.69, 9.17) is 9.84 Å². The normalized spacial score (nSPS) is 10.9. The summed E-state index contributed by atoms with van der Waals surface area (Å²) in [7, 11) is 1.58. The number of carboxylic acid groups (broad SMARTS) is 1. The van der Waals surface area contributed by atoms with E-state index in [1.165, 1.54) is 13.8 Å². The Bertz CT molecular complexity index is 468. The number of carbonyl (C=O) groups is 2. The first-order valence-corrected chi connectivity index (χ1v) is 6.03. The zero-order valence-electron chi connectivity index (χ0n) is 11.4. The molecule has 0 saturated heterocycles. The van der Waals surface area contributed by atoms with Gasteiger partial charge >= 0.3 is 5.97 Å². The Kier molecular flexibility index (Phi) is 4.92. The van der Waals surface area contributed by atoms with Gasteiger partial charge in [0.25, 0.3) is 0 Å². The van der Waals surface area contributed by atoms with E-state index in [2.05, 4.69) is 5.32 Å². The number of carbonyl (C=O) groups excluding carboxylic acids is 1. The molecule has 0 saturated carbocycles. The van der Waals surface area contributed by atoms with E-state index < -0.39 is 11.5 Å². The van der Waals surface area contributed by atoms with Crippen molar-refractivity contribution < 1.29 is 19.4 Å². The number of aryl methyl sites for hydroxylation is 1. The summed E-state index contributed by atoms with van der Waals surface area (Å²) in [5.74, 6) is -0.621.